The molecule has 5 atom stereocenters. The second kappa shape index (κ2) is 76.1. The summed E-state index contributed by atoms with van der Waals surface area (Å²) in [5, 5.41) is 20.6. The number of aliphatic hydroxyl groups excluding tert-OH is 2. The SMILES string of the molecule is CCCCC/C=C\C/C=C\C/C=C\C/C=C\CCCCCCCCCCCCCC(=O)OCC(O)COP(=O)(O)OCC(O)COP(=O)(O)OCC(COC(=O)CCCCCCCCC/C=C\C/C=C\C/C=C\C/C=C\CCCCC)OC(=O)CCCCCCCCCCCCCCCCC. The molecule has 0 saturated heterocycles. The Morgan fingerprint density at radius 3 is 0.802 bits per heavy atom. The van der Waals surface area contributed by atoms with Gasteiger partial charge in [-0.2, -0.15) is 0 Å². The molecule has 5 unspecified atom stereocenters. The maximum absolute atomic E-state index is 13.0. The monoisotopic (exact) mass is 1460 g/mol. The van der Waals surface area contributed by atoms with Gasteiger partial charge in [-0.1, -0.05) is 323 Å². The lowest BCUT2D eigenvalue weighted by Crippen LogP contribution is -2.30. The van der Waals surface area contributed by atoms with Gasteiger partial charge in [-0.05, 0) is 109 Å². The van der Waals surface area contributed by atoms with Crippen LogP contribution in [0, 0.1) is 0 Å². The van der Waals surface area contributed by atoms with Crippen molar-refractivity contribution >= 4 is 33.6 Å². The van der Waals surface area contributed by atoms with Crippen LogP contribution in [0.1, 0.15) is 355 Å². The molecule has 0 saturated carbocycles. The summed E-state index contributed by atoms with van der Waals surface area (Å²) in [6.07, 6.45) is 87.3. The summed E-state index contributed by atoms with van der Waals surface area (Å²) in [7, 11) is -9.79. The minimum Gasteiger partial charge on any atom is -0.463 e. The standard InChI is InChI=1S/C83H148O16P2/c1-4-7-10-13-16-19-22-25-28-30-32-34-36-37-38-39-41-43-44-46-49-51-54-57-60-63-66-69-81(86)93-72-78(84)73-95-100(89,90)96-74-79(85)75-97-101(91,92)98-77-80(99-83(88)71-68-65-62-59-56-53-48-27-24-21-18-15-12-9-6-3)76-94-82(87)70-67-64-61-58-55-52-50-47-45-42-40-35-33-31-29-26-23-20-17-14-11-8-5-2/h16-17,19-20,25-26,28-29,32-35,37-38,42,45,78-80,84-85H,4-15,18,21-24,27,30-31,36,39-41,43-44,46-77H2,1-3H3,(H,89,90)(H,91,92)/b19-16-,20-17-,28-25-,29-26-,34-32-,35-33-,38-37-,45-42-. The van der Waals surface area contributed by atoms with E-state index >= 15 is 0 Å². The number of hydrogen-bond donors (Lipinski definition) is 4. The van der Waals surface area contributed by atoms with Crippen molar-refractivity contribution in [2.75, 3.05) is 39.6 Å². The van der Waals surface area contributed by atoms with Crippen LogP contribution in [-0.2, 0) is 55.8 Å². The van der Waals surface area contributed by atoms with E-state index < -0.39 is 91.5 Å². The van der Waals surface area contributed by atoms with Crippen LogP contribution < -0.4 is 0 Å². The Balaban J connectivity index is 4.56. The topological polar surface area (TPSA) is 231 Å². The maximum Gasteiger partial charge on any atom is 0.472 e. The van der Waals surface area contributed by atoms with E-state index in [1.807, 2.05) is 0 Å². The summed E-state index contributed by atoms with van der Waals surface area (Å²) in [6.45, 7) is 2.66. The molecule has 0 rings (SSSR count). The fraction of sp³-hybridized carbons (Fsp3) is 0.771. The van der Waals surface area contributed by atoms with Crippen molar-refractivity contribution in [3.05, 3.63) is 97.2 Å². The first-order valence-electron chi connectivity index (χ1n) is 40.5. The molecule has 0 fully saturated rings. The molecule has 0 amide bonds. The minimum absolute atomic E-state index is 0.106. The van der Waals surface area contributed by atoms with Gasteiger partial charge in [-0.15, -0.1) is 0 Å². The molecule has 0 aromatic carbocycles. The van der Waals surface area contributed by atoms with E-state index in [0.29, 0.717) is 19.3 Å². The molecule has 0 aliphatic heterocycles. The molecular formula is C83H148O16P2. The number of unbranched alkanes of at least 4 members (excludes halogenated alkanes) is 38. The highest BCUT2D eigenvalue weighted by Crippen LogP contribution is 2.45. The number of phosphoric acid groups is 2. The van der Waals surface area contributed by atoms with Crippen LogP contribution in [0.15, 0.2) is 97.2 Å². The first kappa shape index (κ1) is 97.5. The van der Waals surface area contributed by atoms with Gasteiger partial charge in [0.15, 0.2) is 6.10 Å². The van der Waals surface area contributed by atoms with Crippen LogP contribution in [-0.4, -0.2) is 95.9 Å². The van der Waals surface area contributed by atoms with Gasteiger partial charge in [0, 0.05) is 19.3 Å². The van der Waals surface area contributed by atoms with Crippen molar-refractivity contribution < 1.29 is 75.8 Å². The van der Waals surface area contributed by atoms with Crippen LogP contribution in [0.3, 0.4) is 0 Å². The van der Waals surface area contributed by atoms with Crippen molar-refractivity contribution in [2.45, 2.75) is 373 Å². The Morgan fingerprint density at radius 2 is 0.495 bits per heavy atom. The van der Waals surface area contributed by atoms with Crippen molar-refractivity contribution in [1.82, 2.24) is 0 Å². The van der Waals surface area contributed by atoms with E-state index in [4.69, 9.17) is 32.3 Å². The Hall–Kier alpha value is -3.53. The Morgan fingerprint density at radius 1 is 0.277 bits per heavy atom. The molecule has 0 radical (unpaired) electrons. The zero-order chi connectivity index (χ0) is 73.7. The van der Waals surface area contributed by atoms with Gasteiger partial charge < -0.3 is 34.2 Å². The third-order valence-corrected chi connectivity index (χ3v) is 19.2. The molecule has 0 aromatic heterocycles. The summed E-state index contributed by atoms with van der Waals surface area (Å²) < 4.78 is 61.2. The summed E-state index contributed by atoms with van der Waals surface area (Å²) in [5.41, 5.74) is 0. The first-order chi connectivity index (χ1) is 49.2. The van der Waals surface area contributed by atoms with Crippen molar-refractivity contribution in [2.24, 2.45) is 0 Å². The highest BCUT2D eigenvalue weighted by atomic mass is 31.2. The predicted octanol–water partition coefficient (Wildman–Crippen LogP) is 23.8. The molecule has 0 aliphatic carbocycles. The Labute approximate surface area is 616 Å². The Bertz CT molecular complexity index is 2220. The number of aliphatic hydroxyl groups is 2. The van der Waals surface area contributed by atoms with Crippen LogP contribution in [0.4, 0.5) is 0 Å². The van der Waals surface area contributed by atoms with E-state index in [0.717, 1.165) is 135 Å². The molecule has 0 heterocycles. The maximum atomic E-state index is 13.0. The number of phosphoric ester groups is 2. The molecular weight excluding hydrogens is 1310 g/mol. The highest BCUT2D eigenvalue weighted by molar-refractivity contribution is 7.47. The van der Waals surface area contributed by atoms with Gasteiger partial charge in [0.05, 0.1) is 26.4 Å². The summed E-state index contributed by atoms with van der Waals surface area (Å²) in [5.74, 6) is -1.57. The summed E-state index contributed by atoms with van der Waals surface area (Å²) in [4.78, 5) is 58.7. The van der Waals surface area contributed by atoms with Gasteiger partial charge in [-0.3, -0.25) is 32.5 Å². The molecule has 0 aromatic rings. The van der Waals surface area contributed by atoms with Gasteiger partial charge in [0.2, 0.25) is 0 Å². The molecule has 0 aliphatic rings. The smallest absolute Gasteiger partial charge is 0.463 e. The van der Waals surface area contributed by atoms with Gasteiger partial charge >= 0.3 is 33.6 Å². The van der Waals surface area contributed by atoms with Gasteiger partial charge in [-0.25, -0.2) is 9.13 Å². The normalized spacial score (nSPS) is 14.5. The van der Waals surface area contributed by atoms with Crippen molar-refractivity contribution in [1.29, 1.82) is 0 Å². The Kier molecular flexibility index (Phi) is 73.5. The van der Waals surface area contributed by atoms with Crippen LogP contribution in [0.25, 0.3) is 0 Å². The minimum atomic E-state index is -4.93. The fourth-order valence-corrected chi connectivity index (χ4v) is 12.7. The number of ether oxygens (including phenoxy) is 3. The molecule has 18 heteroatoms. The molecule has 101 heavy (non-hydrogen) atoms. The number of carbonyl (C=O) groups is 3. The van der Waals surface area contributed by atoms with Gasteiger partial charge in [0.25, 0.3) is 0 Å². The van der Waals surface area contributed by atoms with E-state index in [-0.39, 0.29) is 19.3 Å². The lowest BCUT2D eigenvalue weighted by Gasteiger charge is -2.21. The van der Waals surface area contributed by atoms with E-state index in [9.17, 15) is 43.5 Å². The molecule has 4 N–H and O–H groups in total. The third kappa shape index (κ3) is 77.4. The number of hydrogen-bond acceptors (Lipinski definition) is 14. The molecule has 0 spiro atoms. The number of esters is 3. The average molecular weight is 1460 g/mol. The van der Waals surface area contributed by atoms with Crippen LogP contribution in [0.2, 0.25) is 0 Å². The lowest BCUT2D eigenvalue weighted by atomic mass is 10.0. The molecule has 0 bridgehead atoms. The van der Waals surface area contributed by atoms with Crippen molar-refractivity contribution in [3.63, 3.8) is 0 Å². The zero-order valence-corrected chi connectivity index (χ0v) is 65.9. The molecule has 16 nitrogen and oxygen atoms in total. The van der Waals surface area contributed by atoms with Crippen molar-refractivity contribution in [3.8, 4) is 0 Å². The van der Waals surface area contributed by atoms with Gasteiger partial charge in [0.1, 0.15) is 25.4 Å². The first-order valence-corrected chi connectivity index (χ1v) is 43.5. The van der Waals surface area contributed by atoms with E-state index in [1.165, 1.54) is 161 Å². The fourth-order valence-electron chi connectivity index (χ4n) is 11.1. The predicted molar refractivity (Wildman–Crippen MR) is 417 cm³/mol. The molecule has 586 valence electrons. The second-order valence-electron chi connectivity index (χ2n) is 27.2. The lowest BCUT2D eigenvalue weighted by molar-refractivity contribution is -0.161. The largest absolute Gasteiger partial charge is 0.472 e. The average Bonchev–Trinajstić information content (AvgIpc) is 0.951. The summed E-state index contributed by atoms with van der Waals surface area (Å²) >= 11 is 0. The number of carbonyl (C=O) groups excluding carboxylic acids is 3. The van der Waals surface area contributed by atoms with E-state index in [2.05, 4.69) is 118 Å². The van der Waals surface area contributed by atoms with E-state index in [1.54, 1.807) is 0 Å². The van der Waals surface area contributed by atoms with Crippen LogP contribution >= 0.6 is 15.6 Å². The zero-order valence-electron chi connectivity index (χ0n) is 64.1. The quantitative estimate of drug-likeness (QED) is 0.0146. The number of rotatable bonds is 77. The summed E-state index contributed by atoms with van der Waals surface area (Å²) in [6, 6.07) is 0. The second-order valence-corrected chi connectivity index (χ2v) is 30.1. The number of allylic oxidation sites excluding steroid dienone is 16. The highest BCUT2D eigenvalue weighted by Gasteiger charge is 2.29. The van der Waals surface area contributed by atoms with Crippen LogP contribution in [0.5, 0.6) is 0 Å². The third-order valence-electron chi connectivity index (χ3n) is 17.3.